The lowest BCUT2D eigenvalue weighted by Gasteiger charge is -2.11. The van der Waals surface area contributed by atoms with E-state index in [9.17, 15) is 9.59 Å². The van der Waals surface area contributed by atoms with Crippen LogP contribution in [0, 0.1) is 0 Å². The molecule has 0 aliphatic carbocycles. The maximum Gasteiger partial charge on any atom is 0.239 e. The van der Waals surface area contributed by atoms with Gasteiger partial charge in [-0.25, -0.2) is 0 Å². The predicted octanol–water partition coefficient (Wildman–Crippen LogP) is 2.19. The van der Waals surface area contributed by atoms with Crippen molar-refractivity contribution in [3.63, 3.8) is 0 Å². The molecule has 2 N–H and O–H groups in total. The van der Waals surface area contributed by atoms with Crippen molar-refractivity contribution in [1.82, 2.24) is 5.32 Å². The first-order valence-corrected chi connectivity index (χ1v) is 7.31. The number of carbonyl (C=O) groups is 2. The lowest BCUT2D eigenvalue weighted by Crippen LogP contribution is -2.27. The number of rotatable bonds is 4. The third-order valence-corrected chi connectivity index (χ3v) is 4.18. The van der Waals surface area contributed by atoms with Crippen LogP contribution < -0.4 is 15.4 Å². The molecule has 1 fully saturated rings. The number of thiocarbonyl (C=S) groups is 1. The van der Waals surface area contributed by atoms with E-state index >= 15 is 0 Å². The van der Waals surface area contributed by atoms with Crippen LogP contribution in [0.15, 0.2) is 18.2 Å². The Balaban J connectivity index is 2.03. The molecule has 1 aromatic carbocycles. The van der Waals surface area contributed by atoms with Crippen molar-refractivity contribution in [3.05, 3.63) is 23.2 Å². The highest BCUT2D eigenvalue weighted by atomic mass is 35.5. The first-order valence-electron chi connectivity index (χ1n) is 5.64. The van der Waals surface area contributed by atoms with Gasteiger partial charge in [-0.2, -0.15) is 0 Å². The number of amides is 2. The van der Waals surface area contributed by atoms with E-state index < -0.39 is 5.25 Å². The highest BCUT2D eigenvalue weighted by molar-refractivity contribution is 8.24. The zero-order valence-corrected chi connectivity index (χ0v) is 12.8. The van der Waals surface area contributed by atoms with Crippen LogP contribution in [0.1, 0.15) is 6.42 Å². The third kappa shape index (κ3) is 3.62. The van der Waals surface area contributed by atoms with Gasteiger partial charge in [-0.3, -0.25) is 9.59 Å². The van der Waals surface area contributed by atoms with Crippen LogP contribution in [0.4, 0.5) is 5.69 Å². The molecule has 0 saturated carbocycles. The van der Waals surface area contributed by atoms with Gasteiger partial charge in [-0.1, -0.05) is 35.6 Å². The van der Waals surface area contributed by atoms with Crippen LogP contribution in [0.5, 0.6) is 5.75 Å². The van der Waals surface area contributed by atoms with Crippen molar-refractivity contribution in [2.75, 3.05) is 12.4 Å². The molecule has 1 aliphatic rings. The molecule has 0 spiro atoms. The molecule has 1 atom stereocenters. The summed E-state index contributed by atoms with van der Waals surface area (Å²) in [5.41, 5.74) is 0.469. The third-order valence-electron chi connectivity index (χ3n) is 2.57. The molecule has 5 nitrogen and oxygen atoms in total. The lowest BCUT2D eigenvalue weighted by atomic mass is 10.2. The SMILES string of the molecule is COc1ccc(Cl)cc1NC(=O)C[C@H]1SC(=S)NC1=O. The number of hydrogen-bond acceptors (Lipinski definition) is 5. The second-order valence-corrected chi connectivity index (χ2v) is 6.30. The molecular weight excluding hydrogens is 320 g/mol. The molecule has 0 bridgehead atoms. The zero-order valence-electron chi connectivity index (χ0n) is 10.4. The van der Waals surface area contributed by atoms with E-state index in [4.69, 9.17) is 28.6 Å². The van der Waals surface area contributed by atoms with Gasteiger partial charge in [0.1, 0.15) is 10.1 Å². The van der Waals surface area contributed by atoms with Gasteiger partial charge >= 0.3 is 0 Å². The van der Waals surface area contributed by atoms with E-state index in [2.05, 4.69) is 10.6 Å². The fourth-order valence-electron chi connectivity index (χ4n) is 1.68. The summed E-state index contributed by atoms with van der Waals surface area (Å²) in [6.07, 6.45) is 0.0340. The molecule has 0 radical (unpaired) electrons. The smallest absolute Gasteiger partial charge is 0.239 e. The monoisotopic (exact) mass is 330 g/mol. The number of hydrogen-bond donors (Lipinski definition) is 2. The highest BCUT2D eigenvalue weighted by Crippen LogP contribution is 2.29. The Morgan fingerprint density at radius 3 is 2.95 bits per heavy atom. The van der Waals surface area contributed by atoms with E-state index in [1.807, 2.05) is 0 Å². The number of thioether (sulfide) groups is 1. The summed E-state index contributed by atoms with van der Waals surface area (Å²) in [5, 5.41) is 5.17. The molecule has 2 rings (SSSR count). The molecule has 106 valence electrons. The van der Waals surface area contributed by atoms with Gasteiger partial charge in [0.25, 0.3) is 0 Å². The maximum atomic E-state index is 12.0. The Kier molecular flexibility index (Phi) is 4.85. The normalized spacial score (nSPS) is 17.8. The Morgan fingerprint density at radius 2 is 2.35 bits per heavy atom. The standard InChI is InChI=1S/C12H11ClN2O3S2/c1-18-8-3-2-6(13)4-7(8)14-10(16)5-9-11(17)15-12(19)20-9/h2-4,9H,5H2,1H3,(H,14,16)(H,15,17,19)/t9-/m1/s1. The van der Waals surface area contributed by atoms with Gasteiger partial charge in [-0.15, -0.1) is 0 Å². The highest BCUT2D eigenvalue weighted by Gasteiger charge is 2.31. The van der Waals surface area contributed by atoms with Crippen molar-refractivity contribution >= 4 is 57.4 Å². The maximum absolute atomic E-state index is 12.0. The minimum absolute atomic E-state index is 0.0340. The Morgan fingerprint density at radius 1 is 1.60 bits per heavy atom. The summed E-state index contributed by atoms with van der Waals surface area (Å²) < 4.78 is 5.53. The van der Waals surface area contributed by atoms with E-state index in [-0.39, 0.29) is 18.2 Å². The Hall–Kier alpha value is -1.31. The van der Waals surface area contributed by atoms with Crippen LogP contribution in [0.2, 0.25) is 5.02 Å². The molecule has 20 heavy (non-hydrogen) atoms. The first kappa shape index (κ1) is 15.1. The van der Waals surface area contributed by atoms with Gasteiger partial charge in [0.2, 0.25) is 11.8 Å². The molecular formula is C12H11ClN2O3S2. The van der Waals surface area contributed by atoms with Gasteiger partial charge < -0.3 is 15.4 Å². The summed E-state index contributed by atoms with van der Waals surface area (Å²) >= 11 is 11.9. The van der Waals surface area contributed by atoms with Crippen LogP contribution in [-0.2, 0) is 9.59 Å². The summed E-state index contributed by atoms with van der Waals surface area (Å²) in [6, 6.07) is 4.91. The van der Waals surface area contributed by atoms with Crippen LogP contribution in [0.25, 0.3) is 0 Å². The Bertz CT molecular complexity index is 580. The first-order chi connectivity index (χ1) is 9.49. The van der Waals surface area contributed by atoms with Crippen molar-refractivity contribution in [3.8, 4) is 5.75 Å². The summed E-state index contributed by atoms with van der Waals surface area (Å²) in [5.74, 6) is -0.0436. The van der Waals surface area contributed by atoms with E-state index in [0.29, 0.717) is 20.8 Å². The number of carbonyl (C=O) groups excluding carboxylic acids is 2. The van der Waals surface area contributed by atoms with E-state index in [1.54, 1.807) is 18.2 Å². The topological polar surface area (TPSA) is 67.4 Å². The molecule has 1 aliphatic heterocycles. The molecule has 1 aromatic rings. The number of anilines is 1. The fraction of sp³-hybridized carbons (Fsp3) is 0.250. The van der Waals surface area contributed by atoms with Gasteiger partial charge in [0, 0.05) is 11.4 Å². The minimum atomic E-state index is -0.493. The molecule has 1 saturated heterocycles. The molecule has 1 heterocycles. The molecule has 2 amide bonds. The summed E-state index contributed by atoms with van der Waals surface area (Å²) in [7, 11) is 1.50. The molecule has 8 heteroatoms. The largest absolute Gasteiger partial charge is 0.495 e. The fourth-order valence-corrected chi connectivity index (χ4v) is 3.11. The van der Waals surface area contributed by atoms with Gasteiger partial charge in [0.15, 0.2) is 0 Å². The van der Waals surface area contributed by atoms with Gasteiger partial charge in [0.05, 0.1) is 18.0 Å². The van der Waals surface area contributed by atoms with Crippen LogP contribution >= 0.6 is 35.6 Å². The van der Waals surface area contributed by atoms with Crippen molar-refractivity contribution in [1.29, 1.82) is 0 Å². The van der Waals surface area contributed by atoms with Crippen molar-refractivity contribution in [2.45, 2.75) is 11.7 Å². The molecule has 0 unspecified atom stereocenters. The number of nitrogens with one attached hydrogen (secondary N) is 2. The zero-order chi connectivity index (χ0) is 14.7. The predicted molar refractivity (Wildman–Crippen MR) is 83.4 cm³/mol. The van der Waals surface area contributed by atoms with Crippen molar-refractivity contribution < 1.29 is 14.3 Å². The van der Waals surface area contributed by atoms with Crippen LogP contribution in [0.3, 0.4) is 0 Å². The second kappa shape index (κ2) is 6.43. The van der Waals surface area contributed by atoms with Crippen molar-refractivity contribution in [2.24, 2.45) is 0 Å². The summed E-state index contributed by atoms with van der Waals surface area (Å²) in [6.45, 7) is 0. The average Bonchev–Trinajstić information content (AvgIpc) is 2.68. The summed E-state index contributed by atoms with van der Waals surface area (Å²) in [4.78, 5) is 23.5. The second-order valence-electron chi connectivity index (χ2n) is 3.98. The van der Waals surface area contributed by atoms with E-state index in [1.165, 1.54) is 18.9 Å². The molecule has 0 aromatic heterocycles. The van der Waals surface area contributed by atoms with E-state index in [0.717, 1.165) is 0 Å². The number of halogens is 1. The minimum Gasteiger partial charge on any atom is -0.495 e. The Labute approximate surface area is 130 Å². The number of ether oxygens (including phenoxy) is 1. The number of methoxy groups -OCH3 is 1. The average molecular weight is 331 g/mol. The van der Waals surface area contributed by atoms with Gasteiger partial charge in [-0.05, 0) is 18.2 Å². The quantitative estimate of drug-likeness (QED) is 0.828. The van der Waals surface area contributed by atoms with Crippen LogP contribution in [-0.4, -0.2) is 28.5 Å². The lowest BCUT2D eigenvalue weighted by molar-refractivity contribution is -0.122. The number of benzene rings is 1.